The van der Waals surface area contributed by atoms with Crippen LogP contribution < -0.4 is 10.6 Å². The molecule has 2 aromatic rings. The number of benzene rings is 2. The Bertz CT molecular complexity index is 623. The van der Waals surface area contributed by atoms with Gasteiger partial charge >= 0.3 is 0 Å². The third-order valence-corrected chi connectivity index (χ3v) is 3.29. The van der Waals surface area contributed by atoms with Crippen molar-refractivity contribution in [1.29, 1.82) is 0 Å². The zero-order chi connectivity index (χ0) is 14.7. The lowest BCUT2D eigenvalue weighted by Crippen LogP contribution is -2.30. The van der Waals surface area contributed by atoms with E-state index in [2.05, 4.69) is 0 Å². The largest absolute Gasteiger partial charge is 0.399 e. The number of hydrogen-bond donors (Lipinski definition) is 1. The maximum atomic E-state index is 12.6. The van der Waals surface area contributed by atoms with Gasteiger partial charge in [-0.2, -0.15) is 0 Å². The normalized spacial score (nSPS) is 10.3. The zero-order valence-electron chi connectivity index (χ0n) is 10.9. The van der Waals surface area contributed by atoms with Crippen LogP contribution in [-0.2, 0) is 0 Å². The summed E-state index contributed by atoms with van der Waals surface area (Å²) >= 11 is 11.9. The first-order valence-electron chi connectivity index (χ1n) is 6.14. The maximum absolute atomic E-state index is 12.6. The molecule has 3 nitrogen and oxygen atoms in total. The number of carbonyl (C=O) groups excluding carboxylic acids is 1. The van der Waals surface area contributed by atoms with Crippen LogP contribution in [0.1, 0.15) is 17.3 Å². The van der Waals surface area contributed by atoms with E-state index < -0.39 is 0 Å². The Morgan fingerprint density at radius 2 is 1.80 bits per heavy atom. The molecule has 0 aliphatic heterocycles. The van der Waals surface area contributed by atoms with E-state index in [9.17, 15) is 4.79 Å². The third kappa shape index (κ3) is 3.24. The van der Waals surface area contributed by atoms with E-state index >= 15 is 0 Å². The fourth-order valence-corrected chi connectivity index (χ4v) is 2.50. The fraction of sp³-hybridized carbons (Fsp3) is 0.133. The molecule has 0 atom stereocenters. The first kappa shape index (κ1) is 14.7. The third-order valence-electron chi connectivity index (χ3n) is 2.85. The van der Waals surface area contributed by atoms with E-state index in [0.29, 0.717) is 27.8 Å². The lowest BCUT2D eigenvalue weighted by atomic mass is 10.1. The fourth-order valence-electron chi connectivity index (χ4n) is 1.97. The van der Waals surface area contributed by atoms with Crippen LogP contribution in [0.25, 0.3) is 0 Å². The van der Waals surface area contributed by atoms with Gasteiger partial charge in [0, 0.05) is 33.5 Å². The molecule has 0 unspecified atom stereocenters. The lowest BCUT2D eigenvalue weighted by molar-refractivity contribution is 0.0988. The molecule has 5 heteroatoms. The van der Waals surface area contributed by atoms with Crippen LogP contribution in [0.2, 0.25) is 10.0 Å². The number of rotatable bonds is 3. The molecule has 0 aromatic heterocycles. The van der Waals surface area contributed by atoms with Crippen LogP contribution in [0.4, 0.5) is 11.4 Å². The predicted octanol–water partition coefficient (Wildman–Crippen LogP) is 4.24. The highest BCUT2D eigenvalue weighted by molar-refractivity contribution is 6.35. The summed E-state index contributed by atoms with van der Waals surface area (Å²) in [6, 6.07) is 12.0. The highest BCUT2D eigenvalue weighted by Crippen LogP contribution is 2.23. The van der Waals surface area contributed by atoms with E-state index in [0.717, 1.165) is 5.69 Å². The molecule has 0 aliphatic rings. The summed E-state index contributed by atoms with van der Waals surface area (Å²) in [5.74, 6) is -0.164. The summed E-state index contributed by atoms with van der Waals surface area (Å²) in [5, 5.41) is 0.869. The molecule has 0 heterocycles. The zero-order valence-corrected chi connectivity index (χ0v) is 12.4. The van der Waals surface area contributed by atoms with E-state index in [1.54, 1.807) is 35.2 Å². The second-order valence-electron chi connectivity index (χ2n) is 4.30. The van der Waals surface area contributed by atoms with Gasteiger partial charge in [-0.05, 0) is 43.3 Å². The first-order chi connectivity index (χ1) is 9.51. The Morgan fingerprint density at radius 3 is 2.35 bits per heavy atom. The van der Waals surface area contributed by atoms with E-state index in [4.69, 9.17) is 28.9 Å². The van der Waals surface area contributed by atoms with Crippen LogP contribution in [0, 0.1) is 0 Å². The number of anilines is 2. The molecule has 2 rings (SSSR count). The van der Waals surface area contributed by atoms with Crippen molar-refractivity contribution >= 4 is 40.5 Å². The van der Waals surface area contributed by atoms with Crippen molar-refractivity contribution in [2.24, 2.45) is 0 Å². The van der Waals surface area contributed by atoms with Gasteiger partial charge in [-0.25, -0.2) is 0 Å². The average molecular weight is 309 g/mol. The molecule has 0 aliphatic carbocycles. The van der Waals surface area contributed by atoms with Crippen molar-refractivity contribution in [3.8, 4) is 0 Å². The van der Waals surface area contributed by atoms with Crippen molar-refractivity contribution in [1.82, 2.24) is 0 Å². The maximum Gasteiger partial charge on any atom is 0.258 e. The van der Waals surface area contributed by atoms with E-state index in [1.807, 2.05) is 19.1 Å². The number of amides is 1. The number of nitrogens with two attached hydrogens (primary N) is 1. The summed E-state index contributed by atoms with van der Waals surface area (Å²) in [7, 11) is 0. The molecule has 0 saturated heterocycles. The molecular weight excluding hydrogens is 295 g/mol. The minimum absolute atomic E-state index is 0.164. The molecule has 20 heavy (non-hydrogen) atoms. The SMILES string of the molecule is CCN(C(=O)c1cc(Cl)cc(Cl)c1)c1cccc(N)c1. The summed E-state index contributed by atoms with van der Waals surface area (Å²) in [6.07, 6.45) is 0. The number of hydrogen-bond acceptors (Lipinski definition) is 2. The Labute approximate surface area is 127 Å². The molecule has 0 bridgehead atoms. The van der Waals surface area contributed by atoms with Crippen molar-refractivity contribution in [3.05, 3.63) is 58.1 Å². The lowest BCUT2D eigenvalue weighted by Gasteiger charge is -2.21. The highest BCUT2D eigenvalue weighted by atomic mass is 35.5. The van der Waals surface area contributed by atoms with Gasteiger partial charge in [-0.15, -0.1) is 0 Å². The molecular formula is C15H14Cl2N2O. The predicted molar refractivity (Wildman–Crippen MR) is 84.7 cm³/mol. The number of nitrogens with zero attached hydrogens (tertiary/aromatic N) is 1. The van der Waals surface area contributed by atoms with Gasteiger partial charge in [0.05, 0.1) is 0 Å². The van der Waals surface area contributed by atoms with Crippen LogP contribution in [0.15, 0.2) is 42.5 Å². The number of halogens is 2. The molecule has 2 aromatic carbocycles. The van der Waals surface area contributed by atoms with Gasteiger partial charge < -0.3 is 10.6 Å². The smallest absolute Gasteiger partial charge is 0.258 e. The van der Waals surface area contributed by atoms with Gasteiger partial charge in [0.1, 0.15) is 0 Å². The molecule has 0 radical (unpaired) electrons. The molecule has 2 N–H and O–H groups in total. The standard InChI is InChI=1S/C15H14Cl2N2O/c1-2-19(14-5-3-4-13(18)9-14)15(20)10-6-11(16)8-12(17)7-10/h3-9H,2,18H2,1H3. The number of nitrogen functional groups attached to an aromatic ring is 1. The molecule has 0 fully saturated rings. The highest BCUT2D eigenvalue weighted by Gasteiger charge is 2.17. The molecule has 0 saturated carbocycles. The summed E-state index contributed by atoms with van der Waals surface area (Å²) in [6.45, 7) is 2.42. The summed E-state index contributed by atoms with van der Waals surface area (Å²) in [4.78, 5) is 14.2. The Kier molecular flexibility index (Phi) is 4.53. The van der Waals surface area contributed by atoms with E-state index in [-0.39, 0.29) is 5.91 Å². The minimum atomic E-state index is -0.164. The van der Waals surface area contributed by atoms with Crippen molar-refractivity contribution in [2.45, 2.75) is 6.92 Å². The molecule has 0 spiro atoms. The van der Waals surface area contributed by atoms with Crippen LogP contribution >= 0.6 is 23.2 Å². The molecule has 1 amide bonds. The van der Waals surface area contributed by atoms with Gasteiger partial charge in [0.25, 0.3) is 5.91 Å². The monoisotopic (exact) mass is 308 g/mol. The van der Waals surface area contributed by atoms with Gasteiger partial charge in [-0.3, -0.25) is 4.79 Å². The van der Waals surface area contributed by atoms with Crippen molar-refractivity contribution in [3.63, 3.8) is 0 Å². The van der Waals surface area contributed by atoms with Gasteiger partial charge in [-0.1, -0.05) is 29.3 Å². The van der Waals surface area contributed by atoms with Gasteiger partial charge in [0.2, 0.25) is 0 Å². The summed E-state index contributed by atoms with van der Waals surface area (Å²) in [5.41, 5.74) is 7.56. The minimum Gasteiger partial charge on any atom is -0.399 e. The average Bonchev–Trinajstić information content (AvgIpc) is 2.38. The van der Waals surface area contributed by atoms with E-state index in [1.165, 1.54) is 0 Å². The van der Waals surface area contributed by atoms with Crippen molar-refractivity contribution < 1.29 is 4.79 Å². The first-order valence-corrected chi connectivity index (χ1v) is 6.90. The van der Waals surface area contributed by atoms with Crippen molar-refractivity contribution in [2.75, 3.05) is 17.2 Å². The Morgan fingerprint density at radius 1 is 1.15 bits per heavy atom. The Balaban J connectivity index is 2.38. The number of carbonyl (C=O) groups is 1. The van der Waals surface area contributed by atoms with Crippen LogP contribution in [-0.4, -0.2) is 12.5 Å². The Hall–Kier alpha value is -1.71. The van der Waals surface area contributed by atoms with Gasteiger partial charge in [0.15, 0.2) is 0 Å². The second kappa shape index (κ2) is 6.16. The van der Waals surface area contributed by atoms with Crippen LogP contribution in [0.5, 0.6) is 0 Å². The second-order valence-corrected chi connectivity index (χ2v) is 5.18. The topological polar surface area (TPSA) is 46.3 Å². The summed E-state index contributed by atoms with van der Waals surface area (Å²) < 4.78 is 0. The van der Waals surface area contributed by atoms with Crippen LogP contribution in [0.3, 0.4) is 0 Å². The molecule has 104 valence electrons. The quantitative estimate of drug-likeness (QED) is 0.862.